The quantitative estimate of drug-likeness (QED) is 0.689. The lowest BCUT2D eigenvalue weighted by Crippen LogP contribution is -2.28. The van der Waals surface area contributed by atoms with Crippen LogP contribution in [0.4, 0.5) is 0 Å². The molecule has 3 aliphatic rings. The van der Waals surface area contributed by atoms with E-state index in [0.29, 0.717) is 12.2 Å². The van der Waals surface area contributed by atoms with E-state index < -0.39 is 0 Å². The van der Waals surface area contributed by atoms with Crippen molar-refractivity contribution in [3.8, 4) is 0 Å². The fourth-order valence-corrected chi connectivity index (χ4v) is 2.87. The molecule has 2 nitrogen and oxygen atoms in total. The highest BCUT2D eigenvalue weighted by Crippen LogP contribution is 2.35. The molecule has 0 radical (unpaired) electrons. The highest BCUT2D eigenvalue weighted by Gasteiger charge is 2.31. The summed E-state index contributed by atoms with van der Waals surface area (Å²) < 4.78 is 6.04. The third kappa shape index (κ3) is 2.08. The Labute approximate surface area is 102 Å². The summed E-state index contributed by atoms with van der Waals surface area (Å²) in [5.74, 6) is 1.30. The molecule has 0 aromatic heterocycles. The Kier molecular flexibility index (Phi) is 2.87. The summed E-state index contributed by atoms with van der Waals surface area (Å²) in [7, 11) is 0. The summed E-state index contributed by atoms with van der Waals surface area (Å²) in [5, 5.41) is 0. The molecule has 1 heterocycles. The van der Waals surface area contributed by atoms with Gasteiger partial charge in [-0.25, -0.2) is 0 Å². The van der Waals surface area contributed by atoms with E-state index in [9.17, 15) is 4.79 Å². The van der Waals surface area contributed by atoms with Crippen LogP contribution >= 0.6 is 0 Å². The van der Waals surface area contributed by atoms with Gasteiger partial charge >= 0.3 is 0 Å². The van der Waals surface area contributed by atoms with Crippen LogP contribution in [-0.2, 0) is 9.53 Å². The summed E-state index contributed by atoms with van der Waals surface area (Å²) >= 11 is 0. The van der Waals surface area contributed by atoms with Gasteiger partial charge in [0.25, 0.3) is 0 Å². The van der Waals surface area contributed by atoms with E-state index in [1.54, 1.807) is 0 Å². The second-order valence-corrected chi connectivity index (χ2v) is 5.03. The lowest BCUT2D eigenvalue weighted by molar-refractivity contribution is -0.119. The van der Waals surface area contributed by atoms with Crippen molar-refractivity contribution < 1.29 is 9.53 Å². The van der Waals surface area contributed by atoms with Gasteiger partial charge in [0.1, 0.15) is 11.9 Å². The first kappa shape index (κ1) is 10.8. The van der Waals surface area contributed by atoms with Crippen LogP contribution in [0.15, 0.2) is 35.1 Å². The molecule has 0 saturated heterocycles. The summed E-state index contributed by atoms with van der Waals surface area (Å²) in [4.78, 5) is 12.1. The Morgan fingerprint density at radius 3 is 2.88 bits per heavy atom. The molecule has 1 atom stereocenters. The van der Waals surface area contributed by atoms with Crippen molar-refractivity contribution in [3.63, 3.8) is 0 Å². The highest BCUT2D eigenvalue weighted by molar-refractivity contribution is 5.97. The van der Waals surface area contributed by atoms with Crippen molar-refractivity contribution >= 4 is 5.78 Å². The molecule has 0 bridgehead atoms. The maximum atomic E-state index is 12.1. The second-order valence-electron chi connectivity index (χ2n) is 5.03. The molecular formula is C15H18O2. The maximum Gasteiger partial charge on any atom is 0.166 e. The van der Waals surface area contributed by atoms with Gasteiger partial charge in [0.05, 0.1) is 6.42 Å². The lowest BCUT2D eigenvalue weighted by atomic mass is 9.87. The minimum absolute atomic E-state index is 0.0177. The molecule has 2 aliphatic carbocycles. The number of rotatable bonds is 1. The van der Waals surface area contributed by atoms with Crippen molar-refractivity contribution in [3.05, 3.63) is 35.1 Å². The summed E-state index contributed by atoms with van der Waals surface area (Å²) in [6.45, 7) is 0. The van der Waals surface area contributed by atoms with Crippen LogP contribution in [0.5, 0.6) is 0 Å². The molecule has 0 aromatic carbocycles. The van der Waals surface area contributed by atoms with E-state index >= 15 is 0 Å². The number of ketones is 1. The first-order valence-corrected chi connectivity index (χ1v) is 6.63. The van der Waals surface area contributed by atoms with E-state index in [2.05, 4.69) is 18.2 Å². The molecule has 0 spiro atoms. The average molecular weight is 230 g/mol. The van der Waals surface area contributed by atoms with E-state index in [1.807, 2.05) is 0 Å². The number of allylic oxidation sites excluding steroid dienone is 4. The topological polar surface area (TPSA) is 26.3 Å². The van der Waals surface area contributed by atoms with Gasteiger partial charge in [-0.2, -0.15) is 0 Å². The predicted octanol–water partition coefficient (Wildman–Crippen LogP) is 3.45. The number of carbonyl (C=O) groups excluding carboxylic acids is 1. The van der Waals surface area contributed by atoms with Crippen molar-refractivity contribution in [1.29, 1.82) is 0 Å². The molecule has 3 rings (SSSR count). The number of hydrogen-bond donors (Lipinski definition) is 0. The Hall–Kier alpha value is -1.31. The standard InChI is InChI=1S/C15H18O2/c16-13-10-15(11-6-2-1-3-7-11)17-14-9-5-4-8-12(13)14/h2,6-7,15H,1,3-5,8-10H2. The van der Waals surface area contributed by atoms with Gasteiger partial charge in [-0.3, -0.25) is 4.79 Å². The first-order chi connectivity index (χ1) is 8.34. The molecule has 1 aliphatic heterocycles. The van der Waals surface area contributed by atoms with Gasteiger partial charge in [0.2, 0.25) is 0 Å². The summed E-state index contributed by atoms with van der Waals surface area (Å²) in [6, 6.07) is 0. The Morgan fingerprint density at radius 1 is 1.18 bits per heavy atom. The van der Waals surface area contributed by atoms with E-state index in [4.69, 9.17) is 4.74 Å². The van der Waals surface area contributed by atoms with Gasteiger partial charge in [-0.15, -0.1) is 0 Å². The molecule has 0 fully saturated rings. The zero-order chi connectivity index (χ0) is 11.7. The zero-order valence-electron chi connectivity index (χ0n) is 10.1. The van der Waals surface area contributed by atoms with Crippen LogP contribution in [0.1, 0.15) is 44.9 Å². The molecule has 1 unspecified atom stereocenters. The van der Waals surface area contributed by atoms with Crippen LogP contribution < -0.4 is 0 Å². The van der Waals surface area contributed by atoms with E-state index in [1.165, 1.54) is 5.57 Å². The molecule has 0 amide bonds. The summed E-state index contributed by atoms with van der Waals surface area (Å²) in [6.07, 6.45) is 13.4. The zero-order valence-corrected chi connectivity index (χ0v) is 10.1. The highest BCUT2D eigenvalue weighted by atomic mass is 16.5. The SMILES string of the molecule is O=C1CC(C2=CCCC=C2)OC2=C1CCCC2. The molecule has 2 heteroatoms. The predicted molar refractivity (Wildman–Crippen MR) is 66.4 cm³/mol. The number of Topliss-reactive ketones (excluding diaryl/α,β-unsaturated/α-hetero) is 1. The van der Waals surface area contributed by atoms with Crippen LogP contribution in [0.25, 0.3) is 0 Å². The van der Waals surface area contributed by atoms with Crippen molar-refractivity contribution in [2.45, 2.75) is 51.0 Å². The number of hydrogen-bond acceptors (Lipinski definition) is 2. The van der Waals surface area contributed by atoms with Gasteiger partial charge in [-0.05, 0) is 37.7 Å². The molecule has 0 saturated carbocycles. The fraction of sp³-hybridized carbons (Fsp3) is 0.533. The second kappa shape index (κ2) is 4.52. The lowest BCUT2D eigenvalue weighted by Gasteiger charge is -2.31. The smallest absolute Gasteiger partial charge is 0.166 e. The molecule has 90 valence electrons. The molecular weight excluding hydrogens is 212 g/mol. The van der Waals surface area contributed by atoms with Gasteiger partial charge < -0.3 is 4.74 Å². The third-order valence-electron chi connectivity index (χ3n) is 3.80. The monoisotopic (exact) mass is 230 g/mol. The Balaban J connectivity index is 1.83. The van der Waals surface area contributed by atoms with Gasteiger partial charge in [0.15, 0.2) is 5.78 Å². The Morgan fingerprint density at radius 2 is 2.06 bits per heavy atom. The third-order valence-corrected chi connectivity index (χ3v) is 3.80. The minimum atomic E-state index is -0.0177. The normalized spacial score (nSPS) is 28.6. The van der Waals surface area contributed by atoms with Crippen molar-refractivity contribution in [2.24, 2.45) is 0 Å². The average Bonchev–Trinajstić information content (AvgIpc) is 2.40. The minimum Gasteiger partial charge on any atom is -0.489 e. The first-order valence-electron chi connectivity index (χ1n) is 6.63. The largest absolute Gasteiger partial charge is 0.489 e. The molecule has 0 N–H and O–H groups in total. The Bertz CT molecular complexity index is 426. The number of ether oxygens (including phenoxy) is 1. The summed E-state index contributed by atoms with van der Waals surface area (Å²) in [5.41, 5.74) is 2.18. The maximum absolute atomic E-state index is 12.1. The van der Waals surface area contributed by atoms with Crippen molar-refractivity contribution in [2.75, 3.05) is 0 Å². The van der Waals surface area contributed by atoms with Crippen molar-refractivity contribution in [1.82, 2.24) is 0 Å². The molecule has 0 aromatic rings. The van der Waals surface area contributed by atoms with Crippen LogP contribution in [0.2, 0.25) is 0 Å². The van der Waals surface area contributed by atoms with E-state index in [-0.39, 0.29) is 6.10 Å². The van der Waals surface area contributed by atoms with Crippen LogP contribution in [0.3, 0.4) is 0 Å². The van der Waals surface area contributed by atoms with Gasteiger partial charge in [0, 0.05) is 12.0 Å². The van der Waals surface area contributed by atoms with Crippen LogP contribution in [0, 0.1) is 0 Å². The molecule has 17 heavy (non-hydrogen) atoms. The fourth-order valence-electron chi connectivity index (χ4n) is 2.87. The van der Waals surface area contributed by atoms with E-state index in [0.717, 1.165) is 49.9 Å². The van der Waals surface area contributed by atoms with Crippen LogP contribution in [-0.4, -0.2) is 11.9 Å². The van der Waals surface area contributed by atoms with Gasteiger partial charge in [-0.1, -0.05) is 18.2 Å². The number of carbonyl (C=O) groups is 1.